The monoisotopic (exact) mass is 303 g/mol. The zero-order chi connectivity index (χ0) is 16.1. The number of ether oxygens (including phenoxy) is 1. The number of aromatic amines is 1. The Balaban J connectivity index is 1.94. The Morgan fingerprint density at radius 3 is 2.82 bits per heavy atom. The van der Waals surface area contributed by atoms with Gasteiger partial charge in [-0.1, -0.05) is 12.1 Å². The number of aliphatic hydroxyl groups excluding tert-OH is 1. The molecule has 0 fully saturated rings. The van der Waals surface area contributed by atoms with Crippen LogP contribution in [0.2, 0.25) is 0 Å². The molecule has 22 heavy (non-hydrogen) atoms. The summed E-state index contributed by atoms with van der Waals surface area (Å²) in [6, 6.07) is 8.87. The van der Waals surface area contributed by atoms with Gasteiger partial charge in [-0.25, -0.2) is 0 Å². The molecule has 1 heterocycles. The van der Waals surface area contributed by atoms with Crippen molar-refractivity contribution in [2.24, 2.45) is 0 Å². The molecule has 6 heteroatoms. The van der Waals surface area contributed by atoms with Crippen molar-refractivity contribution in [1.82, 2.24) is 15.5 Å². The second-order valence-electron chi connectivity index (χ2n) is 5.40. The summed E-state index contributed by atoms with van der Waals surface area (Å²) in [4.78, 5) is 11.9. The van der Waals surface area contributed by atoms with Crippen LogP contribution in [0.15, 0.2) is 30.3 Å². The van der Waals surface area contributed by atoms with Crippen LogP contribution in [0.5, 0.6) is 5.75 Å². The van der Waals surface area contributed by atoms with Crippen LogP contribution in [0.3, 0.4) is 0 Å². The molecule has 0 aliphatic heterocycles. The van der Waals surface area contributed by atoms with E-state index < -0.39 is 6.10 Å². The van der Waals surface area contributed by atoms with E-state index in [0.29, 0.717) is 17.0 Å². The fourth-order valence-corrected chi connectivity index (χ4v) is 2.00. The van der Waals surface area contributed by atoms with Crippen LogP contribution in [0.25, 0.3) is 0 Å². The summed E-state index contributed by atoms with van der Waals surface area (Å²) in [5.74, 6) is 0.374. The largest absolute Gasteiger partial charge is 0.491 e. The number of hydrogen-bond acceptors (Lipinski definition) is 4. The Morgan fingerprint density at radius 1 is 1.41 bits per heavy atom. The number of amides is 1. The predicted molar refractivity (Wildman–Crippen MR) is 82.8 cm³/mol. The fourth-order valence-electron chi connectivity index (χ4n) is 2.00. The number of carbonyl (C=O) groups is 1. The van der Waals surface area contributed by atoms with E-state index in [4.69, 9.17) is 4.74 Å². The lowest BCUT2D eigenvalue weighted by atomic mass is 10.1. The number of nitrogens with one attached hydrogen (secondary N) is 2. The molecular weight excluding hydrogens is 282 g/mol. The van der Waals surface area contributed by atoms with Crippen molar-refractivity contribution in [2.75, 3.05) is 6.54 Å². The fraction of sp³-hybridized carbons (Fsp3) is 0.375. The zero-order valence-electron chi connectivity index (χ0n) is 13.0. The third-order valence-corrected chi connectivity index (χ3v) is 3.01. The summed E-state index contributed by atoms with van der Waals surface area (Å²) in [5, 5.41) is 19.4. The van der Waals surface area contributed by atoms with E-state index in [1.54, 1.807) is 18.2 Å². The van der Waals surface area contributed by atoms with Gasteiger partial charge in [-0.2, -0.15) is 5.10 Å². The molecule has 1 aromatic carbocycles. The summed E-state index contributed by atoms with van der Waals surface area (Å²) in [6.45, 7) is 5.80. The number of nitrogens with zero attached hydrogens (tertiary/aromatic N) is 1. The number of rotatable bonds is 6. The van der Waals surface area contributed by atoms with E-state index in [9.17, 15) is 9.90 Å². The van der Waals surface area contributed by atoms with Crippen LogP contribution >= 0.6 is 0 Å². The summed E-state index contributed by atoms with van der Waals surface area (Å²) in [6.07, 6.45) is -0.741. The molecule has 0 radical (unpaired) electrons. The van der Waals surface area contributed by atoms with Gasteiger partial charge in [0.05, 0.1) is 12.2 Å². The van der Waals surface area contributed by atoms with E-state index in [1.807, 2.05) is 32.9 Å². The van der Waals surface area contributed by atoms with E-state index in [2.05, 4.69) is 15.5 Å². The first-order valence-electron chi connectivity index (χ1n) is 7.20. The molecule has 0 bridgehead atoms. The number of benzene rings is 1. The van der Waals surface area contributed by atoms with Crippen molar-refractivity contribution in [3.8, 4) is 5.75 Å². The SMILES string of the molecule is Cc1cc(C(=O)NC[C@@H](O)c2cccc(OC(C)C)c2)n[nH]1. The van der Waals surface area contributed by atoms with E-state index >= 15 is 0 Å². The van der Waals surface area contributed by atoms with E-state index in [0.717, 1.165) is 5.69 Å². The van der Waals surface area contributed by atoms with Crippen LogP contribution in [0, 0.1) is 6.92 Å². The molecule has 3 N–H and O–H groups in total. The smallest absolute Gasteiger partial charge is 0.271 e. The highest BCUT2D eigenvalue weighted by Gasteiger charge is 2.13. The normalized spacial score (nSPS) is 12.2. The van der Waals surface area contributed by atoms with Crippen LogP contribution in [-0.4, -0.2) is 33.9 Å². The van der Waals surface area contributed by atoms with Gasteiger partial charge in [-0.05, 0) is 44.5 Å². The molecule has 0 aliphatic rings. The molecule has 1 amide bonds. The summed E-state index contributed by atoms with van der Waals surface area (Å²) in [5.41, 5.74) is 1.81. The maximum absolute atomic E-state index is 11.9. The maximum Gasteiger partial charge on any atom is 0.271 e. The van der Waals surface area contributed by atoms with Gasteiger partial charge in [0.15, 0.2) is 0 Å². The number of aromatic nitrogens is 2. The molecule has 2 rings (SSSR count). The van der Waals surface area contributed by atoms with Gasteiger partial charge in [-0.3, -0.25) is 9.89 Å². The molecule has 1 atom stereocenters. The maximum atomic E-state index is 11.9. The van der Waals surface area contributed by atoms with Crippen molar-refractivity contribution >= 4 is 5.91 Å². The summed E-state index contributed by atoms with van der Waals surface area (Å²) >= 11 is 0. The third-order valence-electron chi connectivity index (χ3n) is 3.01. The average Bonchev–Trinajstić information content (AvgIpc) is 2.90. The molecule has 0 aliphatic carbocycles. The number of aryl methyl sites for hydroxylation is 1. The third kappa shape index (κ3) is 4.33. The first-order chi connectivity index (χ1) is 10.5. The van der Waals surface area contributed by atoms with Crippen LogP contribution in [0.1, 0.15) is 41.7 Å². The van der Waals surface area contributed by atoms with Gasteiger partial charge in [-0.15, -0.1) is 0 Å². The van der Waals surface area contributed by atoms with Gasteiger partial charge >= 0.3 is 0 Å². The Morgan fingerprint density at radius 2 is 2.18 bits per heavy atom. The minimum Gasteiger partial charge on any atom is -0.491 e. The first kappa shape index (κ1) is 16.0. The molecule has 0 unspecified atom stereocenters. The second kappa shape index (κ2) is 7.09. The Hall–Kier alpha value is -2.34. The lowest BCUT2D eigenvalue weighted by Gasteiger charge is -2.14. The Bertz CT molecular complexity index is 637. The van der Waals surface area contributed by atoms with Crippen molar-refractivity contribution in [1.29, 1.82) is 0 Å². The van der Waals surface area contributed by atoms with Crippen molar-refractivity contribution < 1.29 is 14.6 Å². The van der Waals surface area contributed by atoms with Crippen molar-refractivity contribution in [3.63, 3.8) is 0 Å². The number of H-pyrrole nitrogens is 1. The van der Waals surface area contributed by atoms with Crippen LogP contribution < -0.4 is 10.1 Å². The highest BCUT2D eigenvalue weighted by atomic mass is 16.5. The molecule has 6 nitrogen and oxygen atoms in total. The zero-order valence-corrected chi connectivity index (χ0v) is 13.0. The molecule has 0 spiro atoms. The molecule has 1 aromatic heterocycles. The predicted octanol–water partition coefficient (Wildman–Crippen LogP) is 1.97. The first-order valence-corrected chi connectivity index (χ1v) is 7.20. The lowest BCUT2D eigenvalue weighted by Crippen LogP contribution is -2.28. The van der Waals surface area contributed by atoms with Gasteiger partial charge < -0.3 is 15.2 Å². The second-order valence-corrected chi connectivity index (χ2v) is 5.40. The van der Waals surface area contributed by atoms with Gasteiger partial charge in [0.2, 0.25) is 0 Å². The van der Waals surface area contributed by atoms with Gasteiger partial charge in [0.25, 0.3) is 5.91 Å². The van der Waals surface area contributed by atoms with Gasteiger partial charge in [0.1, 0.15) is 11.4 Å². The van der Waals surface area contributed by atoms with Crippen LogP contribution in [-0.2, 0) is 0 Å². The topological polar surface area (TPSA) is 87.2 Å². The average molecular weight is 303 g/mol. The van der Waals surface area contributed by atoms with E-state index in [-0.39, 0.29) is 18.6 Å². The lowest BCUT2D eigenvalue weighted by molar-refractivity contribution is 0.0911. The highest BCUT2D eigenvalue weighted by Crippen LogP contribution is 2.20. The van der Waals surface area contributed by atoms with E-state index in [1.165, 1.54) is 0 Å². The molecule has 118 valence electrons. The summed E-state index contributed by atoms with van der Waals surface area (Å²) < 4.78 is 5.59. The van der Waals surface area contributed by atoms with Gasteiger partial charge in [0, 0.05) is 12.2 Å². The quantitative estimate of drug-likeness (QED) is 0.761. The Kier molecular flexibility index (Phi) is 5.16. The Labute approximate surface area is 129 Å². The number of hydrogen-bond donors (Lipinski definition) is 3. The molecule has 0 saturated heterocycles. The molecular formula is C16H21N3O3. The highest BCUT2D eigenvalue weighted by molar-refractivity contribution is 5.92. The van der Waals surface area contributed by atoms with Crippen molar-refractivity contribution in [2.45, 2.75) is 33.0 Å². The minimum atomic E-state index is -0.806. The summed E-state index contributed by atoms with van der Waals surface area (Å²) in [7, 11) is 0. The number of carbonyl (C=O) groups excluding carboxylic acids is 1. The standard InChI is InChI=1S/C16H21N3O3/c1-10(2)22-13-6-4-5-12(8-13)15(20)9-17-16(21)14-7-11(3)18-19-14/h4-8,10,15,20H,9H2,1-3H3,(H,17,21)(H,18,19)/t15-/m1/s1. The molecule has 0 saturated carbocycles. The van der Waals surface area contributed by atoms with Crippen molar-refractivity contribution in [3.05, 3.63) is 47.3 Å². The van der Waals surface area contributed by atoms with Crippen LogP contribution in [0.4, 0.5) is 0 Å². The molecule has 2 aromatic rings. The number of aliphatic hydroxyl groups is 1. The minimum absolute atomic E-state index is 0.0648.